The third kappa shape index (κ3) is 3.74. The molecular formula is C16H9F3N2O2. The fourth-order valence-electron chi connectivity index (χ4n) is 1.86. The lowest BCUT2D eigenvalue weighted by Gasteiger charge is -2.11. The minimum Gasteiger partial charge on any atom is -0.319 e. The van der Waals surface area contributed by atoms with Crippen LogP contribution in [0.3, 0.4) is 0 Å². The zero-order valence-electron chi connectivity index (χ0n) is 11.5. The number of rotatable bonds is 3. The van der Waals surface area contributed by atoms with Gasteiger partial charge in [0, 0.05) is 11.3 Å². The molecule has 2 rings (SSSR count). The maximum atomic E-state index is 12.8. The number of alkyl halides is 3. The molecule has 1 N–H and O–H groups in total. The molecule has 116 valence electrons. The summed E-state index contributed by atoms with van der Waals surface area (Å²) in [7, 11) is 0. The van der Waals surface area contributed by atoms with Crippen LogP contribution in [-0.4, -0.2) is 11.7 Å². The molecule has 0 heterocycles. The Labute approximate surface area is 129 Å². The first-order chi connectivity index (χ1) is 10.8. The lowest BCUT2D eigenvalue weighted by molar-refractivity contribution is -0.137. The van der Waals surface area contributed by atoms with Crippen molar-refractivity contribution in [2.75, 3.05) is 5.32 Å². The number of amides is 1. The molecule has 0 unspecified atom stereocenters. The lowest BCUT2D eigenvalue weighted by Crippen LogP contribution is -2.23. The van der Waals surface area contributed by atoms with Crippen LogP contribution in [0, 0.1) is 11.3 Å². The first-order valence-electron chi connectivity index (χ1n) is 6.35. The van der Waals surface area contributed by atoms with Crippen LogP contribution in [-0.2, 0) is 11.0 Å². The number of Topliss-reactive ketones (excluding diaryl/α,β-unsaturated/α-hetero) is 1. The van der Waals surface area contributed by atoms with Crippen molar-refractivity contribution >= 4 is 17.4 Å². The summed E-state index contributed by atoms with van der Waals surface area (Å²) in [5.74, 6) is -1.93. The first-order valence-corrected chi connectivity index (χ1v) is 6.35. The van der Waals surface area contributed by atoms with Gasteiger partial charge in [-0.1, -0.05) is 30.3 Å². The number of nitrogens with one attached hydrogen (secondary N) is 1. The van der Waals surface area contributed by atoms with Crippen LogP contribution in [0.2, 0.25) is 0 Å². The molecule has 4 nitrogen and oxygen atoms in total. The maximum Gasteiger partial charge on any atom is 0.417 e. The van der Waals surface area contributed by atoms with Crippen molar-refractivity contribution in [1.29, 1.82) is 5.26 Å². The normalized spacial score (nSPS) is 10.7. The predicted octanol–water partition coefficient (Wildman–Crippen LogP) is 3.40. The number of nitriles is 1. The van der Waals surface area contributed by atoms with Crippen molar-refractivity contribution in [2.45, 2.75) is 6.18 Å². The quantitative estimate of drug-likeness (QED) is 0.696. The number of nitrogens with zero attached hydrogens (tertiary/aromatic N) is 1. The van der Waals surface area contributed by atoms with Gasteiger partial charge in [0.05, 0.1) is 17.2 Å². The molecule has 1 amide bonds. The summed E-state index contributed by atoms with van der Waals surface area (Å²) < 4.78 is 38.5. The molecule has 0 aliphatic heterocycles. The minimum atomic E-state index is -4.74. The van der Waals surface area contributed by atoms with E-state index < -0.39 is 29.0 Å². The Morgan fingerprint density at radius 3 is 2.26 bits per heavy atom. The van der Waals surface area contributed by atoms with Gasteiger partial charge in [-0.3, -0.25) is 9.59 Å². The predicted molar refractivity (Wildman–Crippen MR) is 75.6 cm³/mol. The summed E-state index contributed by atoms with van der Waals surface area (Å²) in [4.78, 5) is 23.7. The Bertz CT molecular complexity index is 793. The topological polar surface area (TPSA) is 70.0 Å². The van der Waals surface area contributed by atoms with Gasteiger partial charge in [-0.2, -0.15) is 18.4 Å². The van der Waals surface area contributed by atoms with Gasteiger partial charge >= 0.3 is 6.18 Å². The molecule has 7 heteroatoms. The zero-order valence-corrected chi connectivity index (χ0v) is 11.5. The number of carbonyl (C=O) groups is 2. The molecule has 0 aliphatic rings. The first kappa shape index (κ1) is 16.2. The van der Waals surface area contributed by atoms with Crippen LogP contribution < -0.4 is 5.32 Å². The second-order valence-corrected chi connectivity index (χ2v) is 4.52. The van der Waals surface area contributed by atoms with Gasteiger partial charge in [-0.15, -0.1) is 0 Å². The summed E-state index contributed by atoms with van der Waals surface area (Å²) >= 11 is 0. The van der Waals surface area contributed by atoms with E-state index in [1.165, 1.54) is 18.2 Å². The molecule has 0 fully saturated rings. The van der Waals surface area contributed by atoms with E-state index in [0.29, 0.717) is 6.07 Å². The van der Waals surface area contributed by atoms with E-state index in [1.807, 2.05) is 0 Å². The van der Waals surface area contributed by atoms with Crippen LogP contribution in [0.15, 0.2) is 48.5 Å². The largest absolute Gasteiger partial charge is 0.417 e. The third-order valence-electron chi connectivity index (χ3n) is 2.95. The molecule has 0 atom stereocenters. The Morgan fingerprint density at radius 2 is 1.70 bits per heavy atom. The van der Waals surface area contributed by atoms with Gasteiger partial charge in [0.1, 0.15) is 0 Å². The van der Waals surface area contributed by atoms with Crippen LogP contribution in [0.5, 0.6) is 0 Å². The van der Waals surface area contributed by atoms with Gasteiger partial charge in [-0.05, 0) is 18.2 Å². The number of halogens is 3. The molecule has 2 aromatic carbocycles. The molecule has 0 aliphatic carbocycles. The van der Waals surface area contributed by atoms with Crippen molar-refractivity contribution in [1.82, 2.24) is 0 Å². The van der Waals surface area contributed by atoms with Crippen LogP contribution in [0.25, 0.3) is 0 Å². The summed E-state index contributed by atoms with van der Waals surface area (Å²) in [6.45, 7) is 0. The molecule has 0 bridgehead atoms. The van der Waals surface area contributed by atoms with E-state index in [9.17, 15) is 22.8 Å². The minimum absolute atomic E-state index is 0.120. The zero-order chi connectivity index (χ0) is 17.0. The van der Waals surface area contributed by atoms with E-state index in [0.717, 1.165) is 12.1 Å². The molecule has 0 saturated heterocycles. The fraction of sp³-hybridized carbons (Fsp3) is 0.0625. The lowest BCUT2D eigenvalue weighted by atomic mass is 10.1. The highest BCUT2D eigenvalue weighted by Crippen LogP contribution is 2.33. The molecule has 0 saturated carbocycles. The van der Waals surface area contributed by atoms with Gasteiger partial charge < -0.3 is 5.32 Å². The SMILES string of the molecule is N#Cc1ccc(NC(=O)C(=O)c2ccccc2)cc1C(F)(F)F. The summed E-state index contributed by atoms with van der Waals surface area (Å²) in [5.41, 5.74) is -1.84. The van der Waals surface area contributed by atoms with Gasteiger partial charge in [-0.25, -0.2) is 0 Å². The van der Waals surface area contributed by atoms with Crippen LogP contribution >= 0.6 is 0 Å². The Hall–Kier alpha value is -3.14. The van der Waals surface area contributed by atoms with Crippen molar-refractivity contribution in [3.63, 3.8) is 0 Å². The van der Waals surface area contributed by atoms with E-state index in [-0.39, 0.29) is 11.3 Å². The van der Waals surface area contributed by atoms with Crippen molar-refractivity contribution in [2.24, 2.45) is 0 Å². The highest BCUT2D eigenvalue weighted by Gasteiger charge is 2.34. The molecule has 2 aromatic rings. The van der Waals surface area contributed by atoms with E-state index >= 15 is 0 Å². The van der Waals surface area contributed by atoms with E-state index in [4.69, 9.17) is 5.26 Å². The summed E-state index contributed by atoms with van der Waals surface area (Å²) in [5, 5.41) is 10.8. The van der Waals surface area contributed by atoms with Crippen LogP contribution in [0.1, 0.15) is 21.5 Å². The molecule has 0 radical (unpaired) electrons. The van der Waals surface area contributed by atoms with Crippen molar-refractivity contribution in [3.05, 3.63) is 65.2 Å². The Kier molecular flexibility index (Phi) is 4.46. The summed E-state index contributed by atoms with van der Waals surface area (Å²) in [6, 6.07) is 11.7. The number of hydrogen-bond acceptors (Lipinski definition) is 3. The average molecular weight is 318 g/mol. The second kappa shape index (κ2) is 6.32. The summed E-state index contributed by atoms with van der Waals surface area (Å²) in [6.07, 6.45) is -4.74. The molecular weight excluding hydrogens is 309 g/mol. The van der Waals surface area contributed by atoms with Gasteiger partial charge in [0.15, 0.2) is 0 Å². The third-order valence-corrected chi connectivity index (χ3v) is 2.95. The highest BCUT2D eigenvalue weighted by atomic mass is 19.4. The van der Waals surface area contributed by atoms with Crippen LogP contribution in [0.4, 0.5) is 18.9 Å². The Balaban J connectivity index is 2.26. The molecule has 0 aromatic heterocycles. The van der Waals surface area contributed by atoms with Crippen molar-refractivity contribution in [3.8, 4) is 6.07 Å². The van der Waals surface area contributed by atoms with Gasteiger partial charge in [0.25, 0.3) is 11.7 Å². The highest BCUT2D eigenvalue weighted by molar-refractivity contribution is 6.46. The molecule has 0 spiro atoms. The number of anilines is 1. The number of ketones is 1. The number of hydrogen-bond donors (Lipinski definition) is 1. The molecule has 23 heavy (non-hydrogen) atoms. The monoisotopic (exact) mass is 318 g/mol. The van der Waals surface area contributed by atoms with Crippen molar-refractivity contribution < 1.29 is 22.8 Å². The number of carbonyl (C=O) groups excluding carboxylic acids is 2. The second-order valence-electron chi connectivity index (χ2n) is 4.52. The van der Waals surface area contributed by atoms with E-state index in [1.54, 1.807) is 18.2 Å². The maximum absolute atomic E-state index is 12.8. The Morgan fingerprint density at radius 1 is 1.04 bits per heavy atom. The standard InChI is InChI=1S/C16H9F3N2O2/c17-16(18,19)13-8-12(7-6-11(13)9-20)21-15(23)14(22)10-4-2-1-3-5-10/h1-8H,(H,21,23). The van der Waals surface area contributed by atoms with Gasteiger partial charge in [0.2, 0.25) is 0 Å². The van der Waals surface area contributed by atoms with E-state index in [2.05, 4.69) is 5.32 Å². The average Bonchev–Trinajstić information content (AvgIpc) is 2.54. The number of benzene rings is 2. The smallest absolute Gasteiger partial charge is 0.319 e. The fourth-order valence-corrected chi connectivity index (χ4v) is 1.86.